The molecule has 3 heteroatoms. The molecule has 1 aromatic carbocycles. The molecule has 1 saturated carbocycles. The summed E-state index contributed by atoms with van der Waals surface area (Å²) in [6.07, 6.45) is 5.07. The summed E-state index contributed by atoms with van der Waals surface area (Å²) in [6.45, 7) is 6.46. The Labute approximate surface area is 122 Å². The van der Waals surface area contributed by atoms with E-state index in [1.807, 2.05) is 6.07 Å². The van der Waals surface area contributed by atoms with Crippen LogP contribution in [0.3, 0.4) is 0 Å². The number of anilines is 1. The highest BCUT2D eigenvalue weighted by Crippen LogP contribution is 2.35. The van der Waals surface area contributed by atoms with E-state index in [-0.39, 0.29) is 0 Å². The number of hydrogen-bond donors (Lipinski definition) is 1. The van der Waals surface area contributed by atoms with Crippen molar-refractivity contribution in [1.82, 2.24) is 4.90 Å². The average Bonchev–Trinajstić information content (AvgIpc) is 3.22. The van der Waals surface area contributed by atoms with Crippen LogP contribution in [0.2, 0.25) is 0 Å². The van der Waals surface area contributed by atoms with Crippen LogP contribution in [0.4, 0.5) is 5.69 Å². The van der Waals surface area contributed by atoms with Crippen LogP contribution in [-0.2, 0) is 0 Å². The zero-order chi connectivity index (χ0) is 13.9. The molecule has 1 N–H and O–H groups in total. The van der Waals surface area contributed by atoms with Crippen LogP contribution in [-0.4, -0.2) is 36.2 Å². The van der Waals surface area contributed by atoms with Crippen molar-refractivity contribution in [2.45, 2.75) is 57.7 Å². The van der Waals surface area contributed by atoms with Gasteiger partial charge in [-0.25, -0.2) is 0 Å². The Hall–Kier alpha value is -1.22. The summed E-state index contributed by atoms with van der Waals surface area (Å²) in [7, 11) is 0. The molecule has 1 aliphatic carbocycles. The van der Waals surface area contributed by atoms with Crippen molar-refractivity contribution in [1.29, 1.82) is 0 Å². The summed E-state index contributed by atoms with van der Waals surface area (Å²) in [6, 6.07) is 10.5. The van der Waals surface area contributed by atoms with E-state index in [0.717, 1.165) is 30.5 Å². The van der Waals surface area contributed by atoms with Gasteiger partial charge in [-0.3, -0.25) is 4.90 Å². The largest absolute Gasteiger partial charge is 0.491 e. The number of ether oxygens (including phenoxy) is 1. The van der Waals surface area contributed by atoms with Gasteiger partial charge in [0.2, 0.25) is 0 Å². The molecular formula is C17H26N2O. The zero-order valence-corrected chi connectivity index (χ0v) is 12.6. The topological polar surface area (TPSA) is 24.5 Å². The van der Waals surface area contributed by atoms with Gasteiger partial charge in [0.1, 0.15) is 5.75 Å². The quantitative estimate of drug-likeness (QED) is 0.859. The van der Waals surface area contributed by atoms with E-state index in [2.05, 4.69) is 42.3 Å². The Morgan fingerprint density at radius 3 is 2.85 bits per heavy atom. The van der Waals surface area contributed by atoms with Crippen molar-refractivity contribution in [3.8, 4) is 5.75 Å². The highest BCUT2D eigenvalue weighted by atomic mass is 16.5. The van der Waals surface area contributed by atoms with Gasteiger partial charge in [0, 0.05) is 24.7 Å². The Morgan fingerprint density at radius 1 is 1.30 bits per heavy atom. The van der Waals surface area contributed by atoms with Gasteiger partial charge in [0.15, 0.2) is 0 Å². The van der Waals surface area contributed by atoms with Crippen LogP contribution in [0.1, 0.15) is 39.5 Å². The lowest BCUT2D eigenvalue weighted by Gasteiger charge is -2.20. The first-order chi connectivity index (χ1) is 9.78. The molecule has 1 heterocycles. The van der Waals surface area contributed by atoms with E-state index in [0.29, 0.717) is 12.1 Å². The molecule has 3 nitrogen and oxygen atoms in total. The number of benzene rings is 1. The molecule has 20 heavy (non-hydrogen) atoms. The van der Waals surface area contributed by atoms with Gasteiger partial charge in [-0.05, 0) is 44.7 Å². The van der Waals surface area contributed by atoms with Crippen LogP contribution < -0.4 is 10.1 Å². The Morgan fingerprint density at radius 2 is 2.10 bits per heavy atom. The SMILES string of the molecule is CCCOc1ccccc1NC1CC(C)N(C2CC2)C1. The first kappa shape index (κ1) is 13.7. The van der Waals surface area contributed by atoms with Crippen molar-refractivity contribution in [3.05, 3.63) is 24.3 Å². The first-order valence-electron chi connectivity index (χ1n) is 8.02. The van der Waals surface area contributed by atoms with E-state index in [4.69, 9.17) is 4.74 Å². The van der Waals surface area contributed by atoms with E-state index in [1.165, 1.54) is 25.8 Å². The van der Waals surface area contributed by atoms with Crippen molar-refractivity contribution in [2.24, 2.45) is 0 Å². The maximum absolute atomic E-state index is 5.83. The van der Waals surface area contributed by atoms with Crippen molar-refractivity contribution < 1.29 is 4.74 Å². The van der Waals surface area contributed by atoms with Crippen LogP contribution >= 0.6 is 0 Å². The fourth-order valence-corrected chi connectivity index (χ4v) is 3.22. The van der Waals surface area contributed by atoms with Gasteiger partial charge >= 0.3 is 0 Å². The number of nitrogens with zero attached hydrogens (tertiary/aromatic N) is 1. The summed E-state index contributed by atoms with van der Waals surface area (Å²) < 4.78 is 5.83. The minimum Gasteiger partial charge on any atom is -0.491 e. The third kappa shape index (κ3) is 3.09. The molecule has 0 aromatic heterocycles. The minimum absolute atomic E-state index is 0.553. The predicted octanol–water partition coefficient (Wildman–Crippen LogP) is 3.51. The zero-order valence-electron chi connectivity index (χ0n) is 12.6. The normalized spacial score (nSPS) is 26.7. The smallest absolute Gasteiger partial charge is 0.142 e. The predicted molar refractivity (Wildman–Crippen MR) is 83.4 cm³/mol. The monoisotopic (exact) mass is 274 g/mol. The summed E-state index contributed by atoms with van der Waals surface area (Å²) in [5.41, 5.74) is 1.15. The lowest BCUT2D eigenvalue weighted by atomic mass is 10.2. The number of nitrogens with one attached hydrogen (secondary N) is 1. The standard InChI is InChI=1S/C17H26N2O/c1-3-10-20-17-7-5-4-6-16(17)18-14-11-13(2)19(12-14)15-8-9-15/h4-7,13-15,18H,3,8-12H2,1-2H3. The molecule has 2 atom stereocenters. The molecule has 110 valence electrons. The molecule has 0 amide bonds. The van der Waals surface area contributed by atoms with Gasteiger partial charge in [-0.2, -0.15) is 0 Å². The number of hydrogen-bond acceptors (Lipinski definition) is 3. The second-order valence-corrected chi connectivity index (χ2v) is 6.20. The van der Waals surface area contributed by atoms with Crippen LogP contribution in [0.25, 0.3) is 0 Å². The molecule has 1 saturated heterocycles. The molecule has 0 bridgehead atoms. The van der Waals surface area contributed by atoms with Crippen LogP contribution in [0.15, 0.2) is 24.3 Å². The minimum atomic E-state index is 0.553. The third-order valence-corrected chi connectivity index (χ3v) is 4.35. The number of para-hydroxylation sites is 2. The number of likely N-dealkylation sites (tertiary alicyclic amines) is 1. The second-order valence-electron chi connectivity index (χ2n) is 6.20. The molecule has 1 aromatic rings. The maximum atomic E-state index is 5.83. The van der Waals surface area contributed by atoms with E-state index in [1.54, 1.807) is 0 Å². The van der Waals surface area contributed by atoms with E-state index >= 15 is 0 Å². The van der Waals surface area contributed by atoms with Crippen molar-refractivity contribution >= 4 is 5.69 Å². The fourth-order valence-electron chi connectivity index (χ4n) is 3.22. The lowest BCUT2D eigenvalue weighted by Crippen LogP contribution is -2.31. The average molecular weight is 274 g/mol. The van der Waals surface area contributed by atoms with Crippen molar-refractivity contribution in [2.75, 3.05) is 18.5 Å². The maximum Gasteiger partial charge on any atom is 0.142 e. The Kier molecular flexibility index (Phi) is 4.16. The van der Waals surface area contributed by atoms with Crippen LogP contribution in [0, 0.1) is 0 Å². The van der Waals surface area contributed by atoms with Crippen LogP contribution in [0.5, 0.6) is 5.75 Å². The van der Waals surface area contributed by atoms with Gasteiger partial charge in [-0.15, -0.1) is 0 Å². The van der Waals surface area contributed by atoms with Crippen molar-refractivity contribution in [3.63, 3.8) is 0 Å². The number of rotatable bonds is 6. The fraction of sp³-hybridized carbons (Fsp3) is 0.647. The summed E-state index contributed by atoms with van der Waals surface area (Å²) >= 11 is 0. The molecular weight excluding hydrogens is 248 g/mol. The molecule has 2 fully saturated rings. The second kappa shape index (κ2) is 6.04. The lowest BCUT2D eigenvalue weighted by molar-refractivity contribution is 0.257. The Bertz CT molecular complexity index is 444. The molecule has 0 spiro atoms. The summed E-state index contributed by atoms with van der Waals surface area (Å²) in [4.78, 5) is 2.67. The molecule has 1 aliphatic heterocycles. The first-order valence-corrected chi connectivity index (χ1v) is 8.02. The highest BCUT2D eigenvalue weighted by Gasteiger charge is 2.38. The van der Waals surface area contributed by atoms with Gasteiger partial charge < -0.3 is 10.1 Å². The molecule has 2 aliphatic rings. The third-order valence-electron chi connectivity index (χ3n) is 4.35. The van der Waals surface area contributed by atoms with E-state index < -0.39 is 0 Å². The van der Waals surface area contributed by atoms with E-state index in [9.17, 15) is 0 Å². The van der Waals surface area contributed by atoms with Gasteiger partial charge in [0.05, 0.1) is 12.3 Å². The van der Waals surface area contributed by atoms with Gasteiger partial charge in [0.25, 0.3) is 0 Å². The Balaban J connectivity index is 1.62. The molecule has 3 rings (SSSR count). The molecule has 2 unspecified atom stereocenters. The summed E-state index contributed by atoms with van der Waals surface area (Å²) in [5, 5.41) is 3.69. The molecule has 0 radical (unpaired) electrons. The summed E-state index contributed by atoms with van der Waals surface area (Å²) in [5.74, 6) is 0.992. The highest BCUT2D eigenvalue weighted by molar-refractivity contribution is 5.57. The van der Waals surface area contributed by atoms with Gasteiger partial charge in [-0.1, -0.05) is 19.1 Å².